The Labute approximate surface area is 240 Å². The molecule has 1 aromatic heterocycles. The van der Waals surface area contributed by atoms with Gasteiger partial charge < -0.3 is 14.1 Å². The predicted molar refractivity (Wildman–Crippen MR) is 155 cm³/mol. The fraction of sp³-hybridized carbons (Fsp3) is 0.290. The van der Waals surface area contributed by atoms with Crippen LogP contribution in [-0.2, 0) is 14.8 Å². The Bertz CT molecular complexity index is 1570. The van der Waals surface area contributed by atoms with Crippen LogP contribution in [0.2, 0.25) is 0 Å². The van der Waals surface area contributed by atoms with E-state index < -0.39 is 10.0 Å². The van der Waals surface area contributed by atoms with Gasteiger partial charge in [-0.2, -0.15) is 14.6 Å². The van der Waals surface area contributed by atoms with Crippen LogP contribution in [-0.4, -0.2) is 75.1 Å². The average molecular weight is 570 g/mol. The van der Waals surface area contributed by atoms with Gasteiger partial charge in [-0.15, -0.1) is 0 Å². The van der Waals surface area contributed by atoms with Gasteiger partial charge in [0.15, 0.2) is 0 Å². The van der Waals surface area contributed by atoms with E-state index in [2.05, 4.69) is 69.4 Å². The molecule has 4 aromatic rings. The fourth-order valence-electron chi connectivity index (χ4n) is 5.50. The Kier molecular flexibility index (Phi) is 7.85. The van der Waals surface area contributed by atoms with Gasteiger partial charge in [0.25, 0.3) is 0 Å². The first-order valence-corrected chi connectivity index (χ1v) is 15.2. The second-order valence-electron chi connectivity index (χ2n) is 10.1. The third-order valence-corrected chi connectivity index (χ3v) is 9.53. The Balaban J connectivity index is 1.19. The normalized spacial score (nSPS) is 17.0. The predicted octanol–water partition coefficient (Wildman–Crippen LogP) is 4.15. The molecule has 0 radical (unpaired) electrons. The Morgan fingerprint density at radius 3 is 1.93 bits per heavy atom. The Morgan fingerprint density at radius 2 is 1.37 bits per heavy atom. The van der Waals surface area contributed by atoms with Gasteiger partial charge in [0, 0.05) is 44.8 Å². The molecular formula is C31H31N5O4S. The Morgan fingerprint density at radius 1 is 0.780 bits per heavy atom. The summed E-state index contributed by atoms with van der Waals surface area (Å²) in [7, 11) is -3.60. The van der Waals surface area contributed by atoms with E-state index in [1.807, 2.05) is 12.1 Å². The number of ether oxygens (including phenoxy) is 1. The molecule has 0 unspecified atom stereocenters. The maximum Gasteiger partial charge on any atom is 0.243 e. The van der Waals surface area contributed by atoms with Gasteiger partial charge in [0.05, 0.1) is 24.2 Å². The van der Waals surface area contributed by atoms with E-state index in [1.165, 1.54) is 15.4 Å². The minimum atomic E-state index is -3.60. The highest BCUT2D eigenvalue weighted by atomic mass is 32.2. The van der Waals surface area contributed by atoms with Crippen molar-refractivity contribution in [3.05, 3.63) is 102 Å². The lowest BCUT2D eigenvalue weighted by molar-refractivity contribution is 0.0730. The molecule has 0 aliphatic carbocycles. The van der Waals surface area contributed by atoms with Crippen LogP contribution in [0.25, 0.3) is 11.5 Å². The summed E-state index contributed by atoms with van der Waals surface area (Å²) in [6.07, 6.45) is 0. The van der Waals surface area contributed by atoms with Crippen molar-refractivity contribution in [1.29, 1.82) is 5.26 Å². The lowest BCUT2D eigenvalue weighted by atomic mass is 9.96. The molecule has 6 rings (SSSR count). The number of morpholine rings is 1. The van der Waals surface area contributed by atoms with E-state index in [9.17, 15) is 13.7 Å². The lowest BCUT2D eigenvalue weighted by Gasteiger charge is -2.39. The molecule has 2 aliphatic rings. The van der Waals surface area contributed by atoms with Crippen molar-refractivity contribution in [2.24, 2.45) is 0 Å². The van der Waals surface area contributed by atoms with Gasteiger partial charge in [-0.3, -0.25) is 4.90 Å². The van der Waals surface area contributed by atoms with Gasteiger partial charge >= 0.3 is 0 Å². The first-order chi connectivity index (χ1) is 20.0. The number of oxazole rings is 1. The molecule has 10 heteroatoms. The summed E-state index contributed by atoms with van der Waals surface area (Å²) in [5, 5.41) is 9.84. The molecule has 41 heavy (non-hydrogen) atoms. The molecule has 2 saturated heterocycles. The minimum Gasteiger partial charge on any atom is -0.419 e. The highest BCUT2D eigenvalue weighted by molar-refractivity contribution is 7.89. The molecular weight excluding hydrogens is 538 g/mol. The van der Waals surface area contributed by atoms with Crippen molar-refractivity contribution in [1.82, 2.24) is 14.2 Å². The number of hydrogen-bond acceptors (Lipinski definition) is 8. The summed E-state index contributed by atoms with van der Waals surface area (Å²) in [4.78, 5) is 9.17. The van der Waals surface area contributed by atoms with Crippen molar-refractivity contribution in [3.63, 3.8) is 0 Å². The topological polar surface area (TPSA) is 103 Å². The van der Waals surface area contributed by atoms with Crippen LogP contribution in [0.15, 0.2) is 94.2 Å². The summed E-state index contributed by atoms with van der Waals surface area (Å²) in [5.74, 6) is 0.740. The molecule has 9 nitrogen and oxygen atoms in total. The van der Waals surface area contributed by atoms with Crippen LogP contribution < -0.4 is 4.90 Å². The number of piperazine rings is 1. The maximum absolute atomic E-state index is 13.0. The number of sulfonamides is 1. The van der Waals surface area contributed by atoms with Crippen molar-refractivity contribution >= 4 is 15.9 Å². The molecule has 0 spiro atoms. The number of benzene rings is 3. The van der Waals surface area contributed by atoms with Crippen LogP contribution in [0.4, 0.5) is 5.88 Å². The summed E-state index contributed by atoms with van der Waals surface area (Å²) in [6.45, 7) is 4.37. The molecule has 2 aliphatic heterocycles. The molecule has 210 valence electrons. The zero-order chi connectivity index (χ0) is 28.2. The molecule has 3 heterocycles. The highest BCUT2D eigenvalue weighted by Crippen LogP contribution is 2.33. The quantitative estimate of drug-likeness (QED) is 0.327. The van der Waals surface area contributed by atoms with Crippen LogP contribution in [0, 0.1) is 11.3 Å². The summed E-state index contributed by atoms with van der Waals surface area (Å²) >= 11 is 0. The molecule has 3 aromatic carbocycles. The molecule has 2 fully saturated rings. The molecule has 0 saturated carbocycles. The molecule has 0 atom stereocenters. The van der Waals surface area contributed by atoms with Crippen LogP contribution in [0.1, 0.15) is 22.9 Å². The summed E-state index contributed by atoms with van der Waals surface area (Å²) in [6, 6.07) is 29.8. The summed E-state index contributed by atoms with van der Waals surface area (Å²) < 4.78 is 38.8. The van der Waals surface area contributed by atoms with E-state index >= 15 is 0 Å². The number of anilines is 1. The Hall–Kier alpha value is -4.01. The molecule has 0 amide bonds. The maximum atomic E-state index is 13.0. The zero-order valence-electron chi connectivity index (χ0n) is 22.6. The standard InChI is InChI=1S/C31H31N5O4S/c32-23-28-31(40-30(33-28)26-11-13-27(14-12-26)41(37,38)36-19-21-39-22-20-36)35-17-15-34(16-18-35)29(24-7-3-1-4-8-24)25-9-5-2-6-10-25/h1-14,29H,15-22H2. The lowest BCUT2D eigenvalue weighted by Crippen LogP contribution is -2.48. The third kappa shape index (κ3) is 5.62. The SMILES string of the molecule is N#Cc1nc(-c2ccc(S(=O)(=O)N3CCOCC3)cc2)oc1N1CCN(C(c2ccccc2)c2ccccc2)CC1. The van der Waals surface area contributed by atoms with Crippen LogP contribution >= 0.6 is 0 Å². The monoisotopic (exact) mass is 569 g/mol. The third-order valence-electron chi connectivity index (χ3n) is 7.62. The second kappa shape index (κ2) is 11.8. The van der Waals surface area contributed by atoms with Gasteiger partial charge in [-0.05, 0) is 35.4 Å². The van der Waals surface area contributed by atoms with Crippen molar-refractivity contribution in [2.45, 2.75) is 10.9 Å². The largest absolute Gasteiger partial charge is 0.419 e. The van der Waals surface area contributed by atoms with Crippen LogP contribution in [0.3, 0.4) is 0 Å². The highest BCUT2D eigenvalue weighted by Gasteiger charge is 2.30. The number of nitrogens with zero attached hydrogens (tertiary/aromatic N) is 5. The van der Waals surface area contributed by atoms with E-state index in [1.54, 1.807) is 24.3 Å². The molecule has 0 N–H and O–H groups in total. The number of aromatic nitrogens is 1. The minimum absolute atomic E-state index is 0.132. The number of nitriles is 1. The van der Waals surface area contributed by atoms with Crippen molar-refractivity contribution in [3.8, 4) is 17.5 Å². The van der Waals surface area contributed by atoms with E-state index in [4.69, 9.17) is 9.15 Å². The van der Waals surface area contributed by atoms with E-state index in [0.717, 1.165) is 13.1 Å². The number of rotatable bonds is 7. The van der Waals surface area contributed by atoms with Gasteiger partial charge in [0.2, 0.25) is 27.5 Å². The second-order valence-corrected chi connectivity index (χ2v) is 12.0. The van der Waals surface area contributed by atoms with Crippen molar-refractivity contribution in [2.75, 3.05) is 57.4 Å². The molecule has 0 bridgehead atoms. The first kappa shape index (κ1) is 27.2. The van der Waals surface area contributed by atoms with Crippen LogP contribution in [0.5, 0.6) is 0 Å². The van der Waals surface area contributed by atoms with Gasteiger partial charge in [-0.1, -0.05) is 60.7 Å². The fourth-order valence-corrected chi connectivity index (χ4v) is 6.90. The number of hydrogen-bond donors (Lipinski definition) is 0. The smallest absolute Gasteiger partial charge is 0.243 e. The van der Waals surface area contributed by atoms with Crippen molar-refractivity contribution < 1.29 is 17.6 Å². The van der Waals surface area contributed by atoms with E-state index in [-0.39, 0.29) is 16.6 Å². The van der Waals surface area contributed by atoms with Gasteiger partial charge in [0.1, 0.15) is 6.07 Å². The van der Waals surface area contributed by atoms with Gasteiger partial charge in [-0.25, -0.2) is 8.42 Å². The van der Waals surface area contributed by atoms with E-state index in [0.29, 0.717) is 56.7 Å². The average Bonchev–Trinajstić information content (AvgIpc) is 3.48. The first-order valence-electron chi connectivity index (χ1n) is 13.7. The summed E-state index contributed by atoms with van der Waals surface area (Å²) in [5.41, 5.74) is 3.32. The zero-order valence-corrected chi connectivity index (χ0v) is 23.4.